The Bertz CT molecular complexity index is 479. The fourth-order valence-corrected chi connectivity index (χ4v) is 4.42. The summed E-state index contributed by atoms with van der Waals surface area (Å²) in [6.45, 7) is 14.8. The Kier molecular flexibility index (Phi) is 6.03. The van der Waals surface area contributed by atoms with Gasteiger partial charge in [0.25, 0.3) is 0 Å². The largest absolute Gasteiger partial charge is 0.387 e. The molecule has 3 aliphatic rings. The van der Waals surface area contributed by atoms with Gasteiger partial charge in [-0.15, -0.1) is 0 Å². The van der Waals surface area contributed by atoms with Gasteiger partial charge in [-0.25, -0.2) is 0 Å². The first kappa shape index (κ1) is 20.5. The van der Waals surface area contributed by atoms with Crippen molar-refractivity contribution in [3.8, 4) is 0 Å². The molecule has 3 aliphatic heterocycles. The summed E-state index contributed by atoms with van der Waals surface area (Å²) in [5.41, 5.74) is 0. The van der Waals surface area contributed by atoms with Crippen molar-refractivity contribution in [1.29, 1.82) is 0 Å². The van der Waals surface area contributed by atoms with Crippen LogP contribution in [0.25, 0.3) is 0 Å². The predicted molar refractivity (Wildman–Crippen MR) is 96.6 cm³/mol. The van der Waals surface area contributed by atoms with Gasteiger partial charge in [0.1, 0.15) is 12.2 Å². The molecule has 3 fully saturated rings. The maximum Gasteiger partial charge on any atom is 0.184 e. The van der Waals surface area contributed by atoms with Gasteiger partial charge in [0, 0.05) is 5.92 Å². The van der Waals surface area contributed by atoms with E-state index in [4.69, 9.17) is 23.7 Å². The van der Waals surface area contributed by atoms with Gasteiger partial charge < -0.3 is 28.8 Å². The van der Waals surface area contributed by atoms with Crippen LogP contribution >= 0.6 is 0 Å². The number of fused-ring (bicyclic) bond motifs is 1. The second kappa shape index (κ2) is 7.64. The van der Waals surface area contributed by atoms with Gasteiger partial charge in [0.15, 0.2) is 12.1 Å². The monoisotopic (exact) mass is 372 g/mol. The number of rotatable bonds is 3. The summed E-state index contributed by atoms with van der Waals surface area (Å²) in [6, 6.07) is 0. The number of aliphatic hydroxyl groups excluding tert-OH is 1. The molecule has 0 radical (unpaired) electrons. The number of aliphatic hydroxyl groups is 1. The van der Waals surface area contributed by atoms with Crippen molar-refractivity contribution < 1.29 is 28.8 Å². The molecule has 0 saturated carbocycles. The zero-order valence-electron chi connectivity index (χ0n) is 17.2. The average Bonchev–Trinajstić information content (AvgIpc) is 2.59. The quantitative estimate of drug-likeness (QED) is 0.822. The average molecular weight is 373 g/mol. The van der Waals surface area contributed by atoms with Gasteiger partial charge >= 0.3 is 0 Å². The van der Waals surface area contributed by atoms with Gasteiger partial charge in [0.05, 0.1) is 31.0 Å². The Morgan fingerprint density at radius 2 is 1.73 bits per heavy atom. The molecule has 3 saturated heterocycles. The van der Waals surface area contributed by atoms with E-state index in [1.807, 2.05) is 20.8 Å². The Hall–Kier alpha value is -0.240. The second-order valence-corrected chi connectivity index (χ2v) is 8.79. The smallest absolute Gasteiger partial charge is 0.184 e. The van der Waals surface area contributed by atoms with E-state index >= 15 is 0 Å². The number of hydrogen-bond donors (Lipinski definition) is 1. The van der Waals surface area contributed by atoms with Crippen LogP contribution in [0.15, 0.2) is 0 Å². The molecule has 26 heavy (non-hydrogen) atoms. The first-order valence-corrected chi connectivity index (χ1v) is 10.1. The van der Waals surface area contributed by atoms with Crippen LogP contribution in [-0.2, 0) is 23.7 Å². The van der Waals surface area contributed by atoms with Crippen LogP contribution in [0.2, 0.25) is 0 Å². The molecule has 4 unspecified atom stereocenters. The minimum Gasteiger partial charge on any atom is -0.387 e. The highest BCUT2D eigenvalue weighted by Gasteiger charge is 2.51. The number of hydrogen-bond acceptors (Lipinski definition) is 6. The predicted octanol–water partition coefficient (Wildman–Crippen LogP) is 2.71. The van der Waals surface area contributed by atoms with Crippen molar-refractivity contribution in [2.75, 3.05) is 6.61 Å². The Balaban J connectivity index is 1.71. The minimum absolute atomic E-state index is 0.0119. The van der Waals surface area contributed by atoms with E-state index in [9.17, 15) is 5.11 Å². The topological polar surface area (TPSA) is 66.4 Å². The molecule has 1 N–H and O–H groups in total. The highest BCUT2D eigenvalue weighted by Crippen LogP contribution is 2.39. The van der Waals surface area contributed by atoms with E-state index in [0.717, 1.165) is 6.42 Å². The molecule has 0 bridgehead atoms. The fourth-order valence-electron chi connectivity index (χ4n) is 4.42. The Morgan fingerprint density at radius 3 is 2.38 bits per heavy atom. The first-order valence-electron chi connectivity index (χ1n) is 10.1. The third kappa shape index (κ3) is 3.82. The van der Waals surface area contributed by atoms with Crippen molar-refractivity contribution >= 4 is 0 Å². The summed E-state index contributed by atoms with van der Waals surface area (Å²) < 4.78 is 30.3. The Labute approximate surface area is 157 Å². The van der Waals surface area contributed by atoms with Crippen molar-refractivity contribution in [3.05, 3.63) is 0 Å². The van der Waals surface area contributed by atoms with Gasteiger partial charge in [-0.3, -0.25) is 0 Å². The standard InChI is InChI=1S/C20H36O6/c1-8-14-17(11(3)10(2)13(5)23-14)25-19-16(21)12(4)18-15(24-19)9-22-20(6,7)26-18/h10-19,21H,8-9H2,1-7H3/t10?,11-,12?,13-,14?,15+,16?,17+,18+,19-/m1/s1. The molecule has 6 heteroatoms. The molecular weight excluding hydrogens is 336 g/mol. The van der Waals surface area contributed by atoms with Crippen molar-refractivity contribution in [2.24, 2.45) is 17.8 Å². The van der Waals surface area contributed by atoms with Crippen LogP contribution in [0.5, 0.6) is 0 Å². The van der Waals surface area contributed by atoms with E-state index in [1.54, 1.807) is 0 Å². The van der Waals surface area contributed by atoms with E-state index in [1.165, 1.54) is 0 Å². The van der Waals surface area contributed by atoms with Crippen molar-refractivity contribution in [2.45, 2.75) is 104 Å². The lowest BCUT2D eigenvalue weighted by molar-refractivity contribution is -0.384. The summed E-state index contributed by atoms with van der Waals surface area (Å²) in [5, 5.41) is 10.8. The lowest BCUT2D eigenvalue weighted by Crippen LogP contribution is -2.63. The molecule has 6 nitrogen and oxygen atoms in total. The van der Waals surface area contributed by atoms with Crippen LogP contribution in [0, 0.1) is 17.8 Å². The first-order chi connectivity index (χ1) is 12.1. The third-order valence-corrected chi connectivity index (χ3v) is 6.56. The summed E-state index contributed by atoms with van der Waals surface area (Å²) in [5.74, 6) is -0.0455. The maximum atomic E-state index is 10.8. The molecule has 0 spiro atoms. The molecule has 0 aromatic heterocycles. The lowest BCUT2D eigenvalue weighted by Gasteiger charge is -2.51. The Morgan fingerprint density at radius 1 is 1.04 bits per heavy atom. The summed E-state index contributed by atoms with van der Waals surface area (Å²) in [4.78, 5) is 0. The molecule has 10 atom stereocenters. The lowest BCUT2D eigenvalue weighted by atomic mass is 9.81. The molecule has 152 valence electrons. The molecule has 0 aromatic rings. The molecular formula is C20H36O6. The van der Waals surface area contributed by atoms with Crippen molar-refractivity contribution in [1.82, 2.24) is 0 Å². The van der Waals surface area contributed by atoms with Gasteiger partial charge in [-0.1, -0.05) is 27.7 Å². The van der Waals surface area contributed by atoms with E-state index in [-0.39, 0.29) is 36.4 Å². The molecule has 3 rings (SSSR count). The summed E-state index contributed by atoms with van der Waals surface area (Å²) >= 11 is 0. The zero-order chi connectivity index (χ0) is 19.2. The fraction of sp³-hybridized carbons (Fsp3) is 1.00. The summed E-state index contributed by atoms with van der Waals surface area (Å²) in [7, 11) is 0. The summed E-state index contributed by atoms with van der Waals surface area (Å²) in [6.07, 6.45) is -0.879. The van der Waals surface area contributed by atoms with Gasteiger partial charge in [-0.05, 0) is 39.0 Å². The van der Waals surface area contributed by atoms with Crippen LogP contribution in [0.4, 0.5) is 0 Å². The van der Waals surface area contributed by atoms with Gasteiger partial charge in [-0.2, -0.15) is 0 Å². The van der Waals surface area contributed by atoms with Gasteiger partial charge in [0.2, 0.25) is 0 Å². The highest BCUT2D eigenvalue weighted by atomic mass is 16.8. The van der Waals surface area contributed by atoms with Crippen LogP contribution < -0.4 is 0 Å². The van der Waals surface area contributed by atoms with Crippen LogP contribution in [0.1, 0.15) is 54.9 Å². The molecule has 0 aliphatic carbocycles. The zero-order valence-corrected chi connectivity index (χ0v) is 17.2. The molecule has 0 amide bonds. The van der Waals surface area contributed by atoms with E-state index in [2.05, 4.69) is 27.7 Å². The van der Waals surface area contributed by atoms with E-state index < -0.39 is 18.2 Å². The highest BCUT2D eigenvalue weighted by molar-refractivity contribution is 4.93. The third-order valence-electron chi connectivity index (χ3n) is 6.56. The van der Waals surface area contributed by atoms with Crippen molar-refractivity contribution in [3.63, 3.8) is 0 Å². The number of ether oxygens (including phenoxy) is 5. The second-order valence-electron chi connectivity index (χ2n) is 8.79. The SMILES string of the molecule is CCC1O[C@H](C)C(C)[C@@H](C)[C@@H]1O[C@H]1O[C@H]2COC(C)(C)O[C@H]2C(C)C1O. The molecule has 0 aromatic carbocycles. The van der Waals surface area contributed by atoms with Crippen LogP contribution in [0.3, 0.4) is 0 Å². The van der Waals surface area contributed by atoms with Crippen LogP contribution in [-0.4, -0.2) is 60.4 Å². The normalized spacial score (nSPS) is 51.7. The maximum absolute atomic E-state index is 10.8. The minimum atomic E-state index is -0.746. The van der Waals surface area contributed by atoms with E-state index in [0.29, 0.717) is 18.4 Å². The molecule has 3 heterocycles.